The Kier molecular flexibility index (Phi) is 3.92. The lowest BCUT2D eigenvalue weighted by Gasteiger charge is -2.16. The summed E-state index contributed by atoms with van der Waals surface area (Å²) >= 11 is 0. The summed E-state index contributed by atoms with van der Waals surface area (Å²) in [6, 6.07) is 6.46. The van der Waals surface area contributed by atoms with Gasteiger partial charge in [-0.05, 0) is 12.1 Å². The molecule has 0 aliphatic rings. The van der Waals surface area contributed by atoms with Crippen LogP contribution in [0.3, 0.4) is 0 Å². The molecule has 0 amide bonds. The molecule has 0 saturated heterocycles. The number of nitrogens with one attached hydrogen (secondary N) is 1. The van der Waals surface area contributed by atoms with Crippen molar-refractivity contribution in [3.63, 3.8) is 0 Å². The van der Waals surface area contributed by atoms with Crippen LogP contribution >= 0.6 is 0 Å². The molecule has 5 nitrogen and oxygen atoms in total. The number of rotatable bonds is 4. The van der Waals surface area contributed by atoms with Crippen LogP contribution in [-0.4, -0.2) is 29.5 Å². The van der Waals surface area contributed by atoms with Crippen molar-refractivity contribution in [1.82, 2.24) is 0 Å². The summed E-state index contributed by atoms with van der Waals surface area (Å²) in [5.74, 6) is 0. The molecule has 5 N–H and O–H groups in total. The van der Waals surface area contributed by atoms with Crippen molar-refractivity contribution in [3.8, 4) is 6.07 Å². The maximum Gasteiger partial charge on any atom is 0.101 e. The fraction of sp³-hybridized carbons (Fsp3) is 0.300. The van der Waals surface area contributed by atoms with Crippen molar-refractivity contribution >= 4 is 11.4 Å². The Morgan fingerprint density at radius 3 is 2.60 bits per heavy atom. The molecule has 0 heterocycles. The van der Waals surface area contributed by atoms with E-state index in [4.69, 9.17) is 21.2 Å². The van der Waals surface area contributed by atoms with Crippen molar-refractivity contribution in [1.29, 1.82) is 5.26 Å². The summed E-state index contributed by atoms with van der Waals surface area (Å²) in [5.41, 5.74) is 6.94. The van der Waals surface area contributed by atoms with Gasteiger partial charge in [0.05, 0.1) is 36.2 Å². The van der Waals surface area contributed by atoms with E-state index >= 15 is 0 Å². The molecule has 0 aliphatic heterocycles. The highest BCUT2D eigenvalue weighted by atomic mass is 16.3. The van der Waals surface area contributed by atoms with Crippen LogP contribution in [0.4, 0.5) is 11.4 Å². The van der Waals surface area contributed by atoms with Crippen LogP contribution in [0, 0.1) is 11.3 Å². The quantitative estimate of drug-likeness (QED) is 0.516. The van der Waals surface area contributed by atoms with Gasteiger partial charge in [-0.1, -0.05) is 6.07 Å². The summed E-state index contributed by atoms with van der Waals surface area (Å²) < 4.78 is 0. The zero-order valence-electron chi connectivity index (χ0n) is 8.14. The zero-order valence-corrected chi connectivity index (χ0v) is 8.14. The average Bonchev–Trinajstić information content (AvgIpc) is 2.28. The number of nitrogens with zero attached hydrogens (tertiary/aromatic N) is 1. The lowest BCUT2D eigenvalue weighted by molar-refractivity contribution is 0.204. The summed E-state index contributed by atoms with van der Waals surface area (Å²) in [6.07, 6.45) is 0. The van der Waals surface area contributed by atoms with E-state index in [-0.39, 0.29) is 13.2 Å². The molecule has 0 saturated carbocycles. The lowest BCUT2D eigenvalue weighted by Crippen LogP contribution is -2.28. The molecule has 0 aliphatic carbocycles. The number of nitriles is 1. The number of aliphatic hydroxyl groups is 2. The number of hydrogen-bond acceptors (Lipinski definition) is 5. The average molecular weight is 207 g/mol. The molecule has 0 unspecified atom stereocenters. The number of hydrogen-bond donors (Lipinski definition) is 4. The van der Waals surface area contributed by atoms with Gasteiger partial charge in [-0.2, -0.15) is 5.26 Å². The highest BCUT2D eigenvalue weighted by Crippen LogP contribution is 2.22. The van der Waals surface area contributed by atoms with E-state index < -0.39 is 6.04 Å². The molecule has 15 heavy (non-hydrogen) atoms. The summed E-state index contributed by atoms with van der Waals surface area (Å²) in [6.45, 7) is -0.403. The van der Waals surface area contributed by atoms with Crippen molar-refractivity contribution in [2.45, 2.75) is 6.04 Å². The number of benzene rings is 1. The minimum atomic E-state index is -0.471. The molecule has 1 aromatic rings. The summed E-state index contributed by atoms with van der Waals surface area (Å²) in [4.78, 5) is 0. The number of para-hydroxylation sites is 1. The van der Waals surface area contributed by atoms with Gasteiger partial charge in [0.15, 0.2) is 0 Å². The second-order valence-corrected chi connectivity index (χ2v) is 3.09. The monoisotopic (exact) mass is 207 g/mol. The molecule has 0 bridgehead atoms. The Balaban J connectivity index is 2.91. The Bertz CT molecular complexity index is 369. The maximum atomic E-state index is 8.88. The van der Waals surface area contributed by atoms with Crippen LogP contribution in [-0.2, 0) is 0 Å². The van der Waals surface area contributed by atoms with Gasteiger partial charge in [0, 0.05) is 0 Å². The molecule has 1 aromatic carbocycles. The van der Waals surface area contributed by atoms with Gasteiger partial charge in [0.1, 0.15) is 6.07 Å². The predicted octanol–water partition coefficient (Wildman–Crippen LogP) is -0.0944. The fourth-order valence-electron chi connectivity index (χ4n) is 1.16. The van der Waals surface area contributed by atoms with Gasteiger partial charge in [-0.15, -0.1) is 0 Å². The highest BCUT2D eigenvalue weighted by molar-refractivity contribution is 5.73. The molecule has 5 heteroatoms. The summed E-state index contributed by atoms with van der Waals surface area (Å²) in [7, 11) is 0. The van der Waals surface area contributed by atoms with Gasteiger partial charge in [0.2, 0.25) is 0 Å². The van der Waals surface area contributed by atoms with E-state index in [1.54, 1.807) is 18.2 Å². The Morgan fingerprint density at radius 1 is 1.40 bits per heavy atom. The molecular weight excluding hydrogens is 194 g/mol. The number of nitrogen functional groups attached to an aromatic ring is 1. The van der Waals surface area contributed by atoms with Crippen molar-refractivity contribution in [2.75, 3.05) is 24.3 Å². The molecule has 0 fully saturated rings. The molecule has 0 atom stereocenters. The van der Waals surface area contributed by atoms with Crippen LogP contribution in [0.15, 0.2) is 18.2 Å². The molecule has 0 spiro atoms. The van der Waals surface area contributed by atoms with Crippen molar-refractivity contribution in [2.24, 2.45) is 0 Å². The predicted molar refractivity (Wildman–Crippen MR) is 57.2 cm³/mol. The van der Waals surface area contributed by atoms with Crippen LogP contribution in [0.2, 0.25) is 0 Å². The van der Waals surface area contributed by atoms with E-state index in [9.17, 15) is 0 Å². The van der Waals surface area contributed by atoms with Crippen molar-refractivity contribution < 1.29 is 10.2 Å². The van der Waals surface area contributed by atoms with E-state index in [1.807, 2.05) is 6.07 Å². The third kappa shape index (κ3) is 2.59. The van der Waals surface area contributed by atoms with E-state index in [0.717, 1.165) is 0 Å². The number of nitrogens with two attached hydrogens (primary N) is 1. The third-order valence-electron chi connectivity index (χ3n) is 2.03. The first-order valence-electron chi connectivity index (χ1n) is 4.49. The molecule has 1 rings (SSSR count). The lowest BCUT2D eigenvalue weighted by atomic mass is 10.1. The third-order valence-corrected chi connectivity index (χ3v) is 2.03. The number of aliphatic hydroxyl groups excluding tert-OH is 2. The minimum absolute atomic E-state index is 0.202. The van der Waals surface area contributed by atoms with Gasteiger partial charge in [0.25, 0.3) is 0 Å². The largest absolute Gasteiger partial charge is 0.396 e. The van der Waals surface area contributed by atoms with Gasteiger partial charge in [-0.25, -0.2) is 0 Å². The van der Waals surface area contributed by atoms with Gasteiger partial charge >= 0.3 is 0 Å². The minimum Gasteiger partial charge on any atom is -0.396 e. The fourth-order valence-corrected chi connectivity index (χ4v) is 1.16. The Morgan fingerprint density at radius 2 is 2.07 bits per heavy atom. The first kappa shape index (κ1) is 11.3. The molecular formula is C10H13N3O2. The zero-order chi connectivity index (χ0) is 11.3. The molecule has 80 valence electrons. The smallest absolute Gasteiger partial charge is 0.101 e. The van der Waals surface area contributed by atoms with Crippen LogP contribution in [0.5, 0.6) is 0 Å². The topological polar surface area (TPSA) is 102 Å². The normalized spacial score (nSPS) is 10.0. The van der Waals surface area contributed by atoms with Crippen LogP contribution in [0.1, 0.15) is 5.56 Å². The first-order valence-corrected chi connectivity index (χ1v) is 4.49. The van der Waals surface area contributed by atoms with Gasteiger partial charge in [-0.3, -0.25) is 0 Å². The van der Waals surface area contributed by atoms with Crippen molar-refractivity contribution in [3.05, 3.63) is 23.8 Å². The Hall–Kier alpha value is -1.77. The first-order chi connectivity index (χ1) is 7.22. The second kappa shape index (κ2) is 5.20. The molecule has 0 radical (unpaired) electrons. The van der Waals surface area contributed by atoms with Gasteiger partial charge < -0.3 is 21.3 Å². The summed E-state index contributed by atoms with van der Waals surface area (Å²) in [5, 5.41) is 29.3. The highest BCUT2D eigenvalue weighted by Gasteiger charge is 2.09. The number of anilines is 2. The SMILES string of the molecule is N#Cc1cccc(NC(CO)CO)c1N. The molecule has 0 aromatic heterocycles. The van der Waals surface area contributed by atoms with Crippen LogP contribution in [0.25, 0.3) is 0 Å². The van der Waals surface area contributed by atoms with E-state index in [2.05, 4.69) is 5.32 Å². The van der Waals surface area contributed by atoms with E-state index in [1.165, 1.54) is 0 Å². The van der Waals surface area contributed by atoms with E-state index in [0.29, 0.717) is 16.9 Å². The Labute approximate surface area is 87.8 Å². The second-order valence-electron chi connectivity index (χ2n) is 3.09. The maximum absolute atomic E-state index is 8.88. The standard InChI is InChI=1S/C10H13N3O2/c11-4-7-2-1-3-9(10(7)12)13-8(5-14)6-15/h1-3,8,13-15H,5-6,12H2. The van der Waals surface area contributed by atoms with Crippen LogP contribution < -0.4 is 11.1 Å².